The van der Waals surface area contributed by atoms with Crippen molar-refractivity contribution in [3.05, 3.63) is 70.4 Å². The van der Waals surface area contributed by atoms with E-state index in [1.54, 1.807) is 22.7 Å². The highest BCUT2D eigenvalue weighted by Crippen LogP contribution is 2.25. The maximum atomic E-state index is 8.82. The molecular formula is C23H26O3S2. The lowest BCUT2D eigenvalue weighted by atomic mass is 10.1. The Bertz CT molecular complexity index is 974. The molecule has 0 saturated carbocycles. The van der Waals surface area contributed by atoms with E-state index >= 15 is 0 Å². The van der Waals surface area contributed by atoms with Crippen LogP contribution in [0.25, 0.3) is 20.2 Å². The quantitative estimate of drug-likeness (QED) is 0.386. The van der Waals surface area contributed by atoms with Crippen molar-refractivity contribution >= 4 is 42.8 Å². The van der Waals surface area contributed by atoms with Gasteiger partial charge in [-0.25, -0.2) is 0 Å². The summed E-state index contributed by atoms with van der Waals surface area (Å²) in [7, 11) is 0. The van der Waals surface area contributed by atoms with E-state index in [0.29, 0.717) is 6.61 Å². The zero-order valence-corrected chi connectivity index (χ0v) is 17.5. The Labute approximate surface area is 173 Å². The van der Waals surface area contributed by atoms with Crippen molar-refractivity contribution in [1.82, 2.24) is 0 Å². The number of hydrogen-bond donors (Lipinski definition) is 2. The molecule has 0 atom stereocenters. The van der Waals surface area contributed by atoms with E-state index in [4.69, 9.17) is 14.9 Å². The predicted octanol–water partition coefficient (Wildman–Crippen LogP) is 5.28. The number of hydrogen-bond acceptors (Lipinski definition) is 5. The van der Waals surface area contributed by atoms with Crippen molar-refractivity contribution in [2.45, 2.75) is 19.3 Å². The highest BCUT2D eigenvalue weighted by molar-refractivity contribution is 7.17. The van der Waals surface area contributed by atoms with Crippen LogP contribution in [0.3, 0.4) is 0 Å². The summed E-state index contributed by atoms with van der Waals surface area (Å²) in [5.74, 6) is 0. The first-order chi connectivity index (χ1) is 13.8. The summed E-state index contributed by atoms with van der Waals surface area (Å²) in [6.07, 6.45) is 2.43. The second-order valence-electron chi connectivity index (χ2n) is 6.41. The number of benzene rings is 2. The van der Waals surface area contributed by atoms with E-state index in [1.165, 1.54) is 31.3 Å². The van der Waals surface area contributed by atoms with Crippen LogP contribution >= 0.6 is 22.7 Å². The van der Waals surface area contributed by atoms with Crippen LogP contribution in [0, 0.1) is 0 Å². The largest absolute Gasteiger partial charge is 0.396 e. The molecule has 0 unspecified atom stereocenters. The smallest absolute Gasteiger partial charge is 0.0506 e. The van der Waals surface area contributed by atoms with Crippen molar-refractivity contribution < 1.29 is 14.9 Å². The van der Waals surface area contributed by atoms with Gasteiger partial charge in [-0.1, -0.05) is 24.3 Å². The topological polar surface area (TPSA) is 49.7 Å². The van der Waals surface area contributed by atoms with Crippen molar-refractivity contribution in [3.63, 3.8) is 0 Å². The summed E-state index contributed by atoms with van der Waals surface area (Å²) >= 11 is 3.52. The standard InChI is InChI=1S/C13H16O2S.C10H10OS/c14-7-2-8-15-9-5-11-3-1-4-13-12(11)6-10-16-13;11-6-4-8-2-1-3-10-9(8)5-7-12-10/h1,3-4,6,10,14H,2,5,7-9H2;1-3,5,7,11H,4,6H2. The number of rotatable bonds is 8. The average Bonchev–Trinajstić information content (AvgIpc) is 3.39. The van der Waals surface area contributed by atoms with Crippen molar-refractivity contribution in [2.75, 3.05) is 26.4 Å². The second kappa shape index (κ2) is 11.3. The SMILES string of the molecule is OCCCOCCc1cccc2sccc12.OCCc1cccc2sccc12. The van der Waals surface area contributed by atoms with Gasteiger partial charge >= 0.3 is 0 Å². The molecule has 0 amide bonds. The Hall–Kier alpha value is -1.76. The van der Waals surface area contributed by atoms with Crippen LogP contribution in [0.15, 0.2) is 59.3 Å². The van der Waals surface area contributed by atoms with E-state index in [9.17, 15) is 0 Å². The third kappa shape index (κ3) is 5.63. The van der Waals surface area contributed by atoms with Gasteiger partial charge in [0.2, 0.25) is 0 Å². The fourth-order valence-corrected chi connectivity index (χ4v) is 4.79. The zero-order valence-electron chi connectivity index (χ0n) is 15.8. The van der Waals surface area contributed by atoms with Crippen LogP contribution in [-0.4, -0.2) is 36.6 Å². The fraction of sp³-hybridized carbons (Fsp3) is 0.304. The van der Waals surface area contributed by atoms with Crippen LogP contribution in [0.4, 0.5) is 0 Å². The number of aliphatic hydroxyl groups excluding tert-OH is 2. The number of fused-ring (bicyclic) bond motifs is 2. The summed E-state index contributed by atoms with van der Waals surface area (Å²) in [6, 6.07) is 16.9. The molecule has 0 saturated heterocycles. The van der Waals surface area contributed by atoms with Crippen LogP contribution in [0.1, 0.15) is 17.5 Å². The van der Waals surface area contributed by atoms with Crippen molar-refractivity contribution in [2.24, 2.45) is 0 Å². The lowest BCUT2D eigenvalue weighted by Crippen LogP contribution is -2.01. The maximum Gasteiger partial charge on any atom is 0.0506 e. The molecule has 148 valence electrons. The van der Waals surface area contributed by atoms with E-state index < -0.39 is 0 Å². The second-order valence-corrected chi connectivity index (χ2v) is 8.31. The molecule has 0 bridgehead atoms. The Morgan fingerprint density at radius 1 is 0.679 bits per heavy atom. The Morgan fingerprint density at radius 3 is 1.86 bits per heavy atom. The first-order valence-electron chi connectivity index (χ1n) is 9.53. The van der Waals surface area contributed by atoms with Gasteiger partial charge in [-0.05, 0) is 76.2 Å². The van der Waals surface area contributed by atoms with Gasteiger partial charge in [0.25, 0.3) is 0 Å². The van der Waals surface area contributed by atoms with Gasteiger partial charge in [0.05, 0.1) is 6.61 Å². The molecule has 4 rings (SSSR count). The molecule has 5 heteroatoms. The molecule has 2 aromatic heterocycles. The Morgan fingerprint density at radius 2 is 1.29 bits per heavy atom. The predicted molar refractivity (Wildman–Crippen MR) is 121 cm³/mol. The maximum absolute atomic E-state index is 8.82. The molecule has 0 aliphatic rings. The molecule has 28 heavy (non-hydrogen) atoms. The van der Waals surface area contributed by atoms with Gasteiger partial charge in [0.15, 0.2) is 0 Å². The summed E-state index contributed by atoms with van der Waals surface area (Å²) in [5, 5.41) is 24.3. The molecular weight excluding hydrogens is 388 g/mol. The van der Waals surface area contributed by atoms with Crippen LogP contribution < -0.4 is 0 Å². The van der Waals surface area contributed by atoms with Gasteiger partial charge < -0.3 is 14.9 Å². The average molecular weight is 415 g/mol. The minimum absolute atomic E-state index is 0.208. The molecule has 2 N–H and O–H groups in total. The molecule has 0 aliphatic heterocycles. The Kier molecular flexibility index (Phi) is 8.45. The number of thiophene rings is 2. The number of aliphatic hydroxyl groups is 2. The van der Waals surface area contributed by atoms with Crippen LogP contribution in [0.5, 0.6) is 0 Å². The van der Waals surface area contributed by atoms with E-state index in [-0.39, 0.29) is 13.2 Å². The molecule has 0 radical (unpaired) electrons. The van der Waals surface area contributed by atoms with E-state index in [2.05, 4.69) is 53.2 Å². The summed E-state index contributed by atoms with van der Waals surface area (Å²) in [6.45, 7) is 1.82. The Balaban J connectivity index is 0.000000167. The minimum atomic E-state index is 0.208. The molecule has 3 nitrogen and oxygen atoms in total. The van der Waals surface area contributed by atoms with E-state index in [0.717, 1.165) is 25.9 Å². The molecule has 0 fully saturated rings. The molecule has 0 spiro atoms. The van der Waals surface area contributed by atoms with Crippen molar-refractivity contribution in [3.8, 4) is 0 Å². The van der Waals surface area contributed by atoms with Gasteiger partial charge in [-0.3, -0.25) is 0 Å². The molecule has 2 heterocycles. The van der Waals surface area contributed by atoms with Crippen molar-refractivity contribution in [1.29, 1.82) is 0 Å². The van der Waals surface area contributed by atoms with E-state index in [1.807, 2.05) is 6.07 Å². The first kappa shape index (κ1) is 21.0. The monoisotopic (exact) mass is 414 g/mol. The van der Waals surface area contributed by atoms with Crippen LogP contribution in [-0.2, 0) is 17.6 Å². The number of ether oxygens (including phenoxy) is 1. The van der Waals surface area contributed by atoms with Gasteiger partial charge in [0.1, 0.15) is 0 Å². The zero-order chi connectivity index (χ0) is 19.6. The molecule has 0 aliphatic carbocycles. The first-order valence-corrected chi connectivity index (χ1v) is 11.3. The summed E-state index contributed by atoms with van der Waals surface area (Å²) < 4.78 is 8.09. The lowest BCUT2D eigenvalue weighted by Gasteiger charge is -2.04. The third-order valence-electron chi connectivity index (χ3n) is 4.52. The minimum Gasteiger partial charge on any atom is -0.396 e. The highest BCUT2D eigenvalue weighted by atomic mass is 32.1. The highest BCUT2D eigenvalue weighted by Gasteiger charge is 2.01. The molecule has 2 aromatic carbocycles. The van der Waals surface area contributed by atoms with Gasteiger partial charge in [-0.2, -0.15) is 0 Å². The third-order valence-corrected chi connectivity index (χ3v) is 6.28. The summed E-state index contributed by atoms with van der Waals surface area (Å²) in [4.78, 5) is 0. The normalized spacial score (nSPS) is 10.9. The molecule has 4 aromatic rings. The summed E-state index contributed by atoms with van der Waals surface area (Å²) in [5.41, 5.74) is 2.60. The van der Waals surface area contributed by atoms with Crippen LogP contribution in [0.2, 0.25) is 0 Å². The van der Waals surface area contributed by atoms with Gasteiger partial charge in [-0.15, -0.1) is 22.7 Å². The lowest BCUT2D eigenvalue weighted by molar-refractivity contribution is 0.118. The fourth-order valence-electron chi connectivity index (χ4n) is 3.12. The van der Waals surface area contributed by atoms with Gasteiger partial charge in [0, 0.05) is 29.2 Å².